The molecule has 0 bridgehead atoms. The number of rotatable bonds is 5. The van der Waals surface area contributed by atoms with Gasteiger partial charge in [-0.3, -0.25) is 4.79 Å². The van der Waals surface area contributed by atoms with Crippen LogP contribution >= 0.6 is 0 Å². The van der Waals surface area contributed by atoms with Crippen molar-refractivity contribution in [2.75, 3.05) is 17.2 Å². The second kappa shape index (κ2) is 6.78. The minimum absolute atomic E-state index is 0.270. The van der Waals surface area contributed by atoms with Crippen molar-refractivity contribution in [1.82, 2.24) is 4.98 Å². The minimum atomic E-state index is -0.818. The number of aromatic nitrogens is 1. The van der Waals surface area contributed by atoms with Crippen LogP contribution in [0.5, 0.6) is 0 Å². The Kier molecular flexibility index (Phi) is 4.81. The van der Waals surface area contributed by atoms with E-state index in [9.17, 15) is 13.6 Å². The Bertz CT molecular complexity index is 626. The van der Waals surface area contributed by atoms with Gasteiger partial charge in [-0.2, -0.15) is 0 Å². The fraction of sp³-hybridized carbons (Fsp3) is 0.200. The van der Waals surface area contributed by atoms with Crippen LogP contribution in [0.3, 0.4) is 0 Å². The lowest BCUT2D eigenvalue weighted by molar-refractivity contribution is 0.102. The number of halogens is 2. The number of amides is 1. The van der Waals surface area contributed by atoms with Crippen molar-refractivity contribution < 1.29 is 13.6 Å². The molecular weight excluding hydrogens is 276 g/mol. The predicted octanol–water partition coefficient (Wildman–Crippen LogP) is 3.43. The molecule has 1 heterocycles. The van der Waals surface area contributed by atoms with E-state index in [2.05, 4.69) is 15.6 Å². The van der Waals surface area contributed by atoms with Crippen LogP contribution in [0.1, 0.15) is 23.7 Å². The number of carbonyl (C=O) groups excluding carboxylic acids is 1. The summed E-state index contributed by atoms with van der Waals surface area (Å²) in [5.74, 6) is -1.69. The molecular formula is C15H15F2N3O. The average molecular weight is 291 g/mol. The van der Waals surface area contributed by atoms with Gasteiger partial charge in [0.15, 0.2) is 0 Å². The van der Waals surface area contributed by atoms with E-state index in [-0.39, 0.29) is 5.56 Å². The highest BCUT2D eigenvalue weighted by atomic mass is 19.1. The first-order valence-corrected chi connectivity index (χ1v) is 6.57. The Morgan fingerprint density at radius 1 is 1.24 bits per heavy atom. The van der Waals surface area contributed by atoms with Crippen LogP contribution in [0.4, 0.5) is 20.3 Å². The molecule has 0 radical (unpaired) electrons. The first-order valence-electron chi connectivity index (χ1n) is 6.57. The number of hydrogen-bond acceptors (Lipinski definition) is 3. The Morgan fingerprint density at radius 3 is 2.62 bits per heavy atom. The fourth-order valence-electron chi connectivity index (χ4n) is 1.72. The van der Waals surface area contributed by atoms with Gasteiger partial charge >= 0.3 is 0 Å². The number of nitrogens with zero attached hydrogens (tertiary/aromatic N) is 1. The molecule has 2 aromatic rings. The van der Waals surface area contributed by atoms with Crippen molar-refractivity contribution >= 4 is 17.4 Å². The summed E-state index contributed by atoms with van der Waals surface area (Å²) in [7, 11) is 0. The van der Waals surface area contributed by atoms with E-state index in [1.807, 2.05) is 6.92 Å². The summed E-state index contributed by atoms with van der Waals surface area (Å²) in [6.07, 6.45) is 2.38. The molecule has 0 fully saturated rings. The Morgan fingerprint density at radius 2 is 1.95 bits per heavy atom. The minimum Gasteiger partial charge on any atom is -0.370 e. The third kappa shape index (κ3) is 3.75. The summed E-state index contributed by atoms with van der Waals surface area (Å²) in [5.41, 5.74) is -0.186. The zero-order valence-corrected chi connectivity index (χ0v) is 11.5. The molecule has 110 valence electrons. The van der Waals surface area contributed by atoms with Gasteiger partial charge in [-0.15, -0.1) is 0 Å². The number of carbonyl (C=O) groups is 1. The summed E-state index contributed by atoms with van der Waals surface area (Å²) in [6.45, 7) is 2.73. The third-order valence-corrected chi connectivity index (χ3v) is 2.78. The molecule has 0 spiro atoms. The molecule has 0 aliphatic heterocycles. The summed E-state index contributed by atoms with van der Waals surface area (Å²) in [5, 5.41) is 5.27. The maximum absolute atomic E-state index is 13.5. The van der Waals surface area contributed by atoms with Gasteiger partial charge in [-0.05, 0) is 30.7 Å². The zero-order valence-electron chi connectivity index (χ0n) is 11.5. The molecule has 0 aliphatic carbocycles. The number of para-hydroxylation sites is 1. The van der Waals surface area contributed by atoms with Crippen LogP contribution in [-0.4, -0.2) is 17.4 Å². The van der Waals surface area contributed by atoms with Gasteiger partial charge in [0.1, 0.15) is 23.1 Å². The van der Waals surface area contributed by atoms with Crippen molar-refractivity contribution in [3.63, 3.8) is 0 Å². The SMILES string of the molecule is CCCNc1cc(C(=O)Nc2c(F)cccc2F)ccn1. The molecule has 0 aliphatic rings. The topological polar surface area (TPSA) is 54.0 Å². The van der Waals surface area contributed by atoms with Gasteiger partial charge < -0.3 is 10.6 Å². The van der Waals surface area contributed by atoms with E-state index in [4.69, 9.17) is 0 Å². The molecule has 2 N–H and O–H groups in total. The van der Waals surface area contributed by atoms with Crippen LogP contribution in [0.25, 0.3) is 0 Å². The standard InChI is InChI=1S/C15H15F2N3O/c1-2-7-18-13-9-10(6-8-19-13)15(21)20-14-11(16)4-3-5-12(14)17/h3-6,8-9H,2,7H2,1H3,(H,18,19)(H,20,21). The molecule has 4 nitrogen and oxygen atoms in total. The van der Waals surface area contributed by atoms with E-state index < -0.39 is 23.2 Å². The summed E-state index contributed by atoms with van der Waals surface area (Å²) >= 11 is 0. The van der Waals surface area contributed by atoms with Gasteiger partial charge in [0, 0.05) is 18.3 Å². The molecule has 1 amide bonds. The van der Waals surface area contributed by atoms with Crippen LogP contribution in [0.2, 0.25) is 0 Å². The number of hydrogen-bond donors (Lipinski definition) is 2. The summed E-state index contributed by atoms with van der Waals surface area (Å²) in [6, 6.07) is 6.41. The monoisotopic (exact) mass is 291 g/mol. The molecule has 1 aromatic heterocycles. The first-order chi connectivity index (χ1) is 10.1. The number of benzene rings is 1. The molecule has 0 unspecified atom stereocenters. The normalized spacial score (nSPS) is 10.2. The lowest BCUT2D eigenvalue weighted by Gasteiger charge is -2.09. The van der Waals surface area contributed by atoms with Crippen molar-refractivity contribution in [2.24, 2.45) is 0 Å². The van der Waals surface area contributed by atoms with Crippen molar-refractivity contribution in [3.8, 4) is 0 Å². The van der Waals surface area contributed by atoms with Crippen molar-refractivity contribution in [3.05, 3.63) is 53.7 Å². The maximum Gasteiger partial charge on any atom is 0.256 e. The van der Waals surface area contributed by atoms with Gasteiger partial charge in [-0.1, -0.05) is 13.0 Å². The van der Waals surface area contributed by atoms with E-state index in [1.54, 1.807) is 0 Å². The molecule has 21 heavy (non-hydrogen) atoms. The van der Waals surface area contributed by atoms with Crippen molar-refractivity contribution in [2.45, 2.75) is 13.3 Å². The average Bonchev–Trinajstić information content (AvgIpc) is 2.49. The van der Waals surface area contributed by atoms with E-state index >= 15 is 0 Å². The van der Waals surface area contributed by atoms with Gasteiger partial charge in [-0.25, -0.2) is 13.8 Å². The molecule has 1 aromatic carbocycles. The highest BCUT2D eigenvalue weighted by molar-refractivity contribution is 6.04. The van der Waals surface area contributed by atoms with Crippen LogP contribution in [0.15, 0.2) is 36.5 Å². The van der Waals surface area contributed by atoms with E-state index in [0.29, 0.717) is 5.82 Å². The second-order valence-electron chi connectivity index (χ2n) is 4.41. The lowest BCUT2D eigenvalue weighted by atomic mass is 10.2. The number of pyridine rings is 1. The van der Waals surface area contributed by atoms with Crippen LogP contribution < -0.4 is 10.6 Å². The van der Waals surface area contributed by atoms with Crippen LogP contribution in [-0.2, 0) is 0 Å². The van der Waals surface area contributed by atoms with Gasteiger partial charge in [0.05, 0.1) is 0 Å². The highest BCUT2D eigenvalue weighted by Crippen LogP contribution is 2.19. The fourth-order valence-corrected chi connectivity index (χ4v) is 1.72. The smallest absolute Gasteiger partial charge is 0.256 e. The first kappa shape index (κ1) is 14.9. The second-order valence-corrected chi connectivity index (χ2v) is 4.41. The van der Waals surface area contributed by atoms with Gasteiger partial charge in [0.25, 0.3) is 5.91 Å². The third-order valence-electron chi connectivity index (χ3n) is 2.78. The Labute approximate surface area is 121 Å². The molecule has 0 saturated carbocycles. The predicted molar refractivity (Wildman–Crippen MR) is 77.3 cm³/mol. The summed E-state index contributed by atoms with van der Waals surface area (Å²) < 4.78 is 27.0. The van der Waals surface area contributed by atoms with Gasteiger partial charge in [0.2, 0.25) is 0 Å². The van der Waals surface area contributed by atoms with E-state index in [1.165, 1.54) is 24.4 Å². The lowest BCUT2D eigenvalue weighted by Crippen LogP contribution is -2.15. The zero-order chi connectivity index (χ0) is 15.2. The number of anilines is 2. The Balaban J connectivity index is 2.17. The van der Waals surface area contributed by atoms with Crippen molar-refractivity contribution in [1.29, 1.82) is 0 Å². The molecule has 0 saturated heterocycles. The number of nitrogens with one attached hydrogen (secondary N) is 2. The van der Waals surface area contributed by atoms with E-state index in [0.717, 1.165) is 25.1 Å². The summed E-state index contributed by atoms with van der Waals surface area (Å²) in [4.78, 5) is 16.1. The molecule has 2 rings (SSSR count). The molecule has 6 heteroatoms. The van der Waals surface area contributed by atoms with Crippen LogP contribution in [0, 0.1) is 11.6 Å². The maximum atomic E-state index is 13.5. The Hall–Kier alpha value is -2.50. The quantitative estimate of drug-likeness (QED) is 0.887. The highest BCUT2D eigenvalue weighted by Gasteiger charge is 2.13. The largest absolute Gasteiger partial charge is 0.370 e. The molecule has 0 atom stereocenters.